The number of amides is 1. The molecule has 0 spiro atoms. The Morgan fingerprint density at radius 1 is 0.667 bits per heavy atom. The van der Waals surface area contributed by atoms with Crippen molar-refractivity contribution in [2.24, 2.45) is 0 Å². The average molecular weight is 491 g/mol. The monoisotopic (exact) mass is 490 g/mol. The lowest BCUT2D eigenvalue weighted by Gasteiger charge is -2.13. The predicted octanol–water partition coefficient (Wildman–Crippen LogP) is 5.13. The summed E-state index contributed by atoms with van der Waals surface area (Å²) in [6, 6.07) is 14.5. The summed E-state index contributed by atoms with van der Waals surface area (Å²) < 4.78 is 26.8. The number of carbonyl (C=O) groups excluding carboxylic acids is 1. The molecule has 3 N–H and O–H groups in total. The van der Waals surface area contributed by atoms with E-state index in [4.69, 9.17) is 29.4 Å². The Morgan fingerprint density at radius 2 is 1.22 bits per heavy atom. The van der Waals surface area contributed by atoms with Gasteiger partial charge in [0.1, 0.15) is 11.5 Å². The molecule has 1 amide bonds. The first kappa shape index (κ1) is 26.0. The molecule has 8 nitrogen and oxygen atoms in total. The maximum Gasteiger partial charge on any atom is 0.248 e. The molecule has 0 saturated carbocycles. The Balaban J connectivity index is 1.80. The van der Waals surface area contributed by atoms with E-state index in [9.17, 15) is 4.79 Å². The molecule has 0 aliphatic rings. The summed E-state index contributed by atoms with van der Waals surface area (Å²) in [5, 5.41) is 2.86. The van der Waals surface area contributed by atoms with Crippen molar-refractivity contribution in [1.29, 1.82) is 0 Å². The summed E-state index contributed by atoms with van der Waals surface area (Å²) in [5.41, 5.74) is 9.40. The molecule has 3 rings (SSSR count). The van der Waals surface area contributed by atoms with Gasteiger partial charge in [0.05, 0.1) is 46.9 Å². The van der Waals surface area contributed by atoms with Gasteiger partial charge in [-0.15, -0.1) is 0 Å². The zero-order valence-corrected chi connectivity index (χ0v) is 21.0. The van der Waals surface area contributed by atoms with Crippen LogP contribution < -0.4 is 34.7 Å². The zero-order valence-electron chi connectivity index (χ0n) is 21.0. The van der Waals surface area contributed by atoms with E-state index >= 15 is 0 Å². The Morgan fingerprint density at radius 3 is 1.83 bits per heavy atom. The second-order valence-electron chi connectivity index (χ2n) is 7.58. The minimum absolute atomic E-state index is 0.310. The van der Waals surface area contributed by atoms with Gasteiger partial charge in [0.15, 0.2) is 11.5 Å². The van der Waals surface area contributed by atoms with Crippen LogP contribution in [0.4, 0.5) is 11.4 Å². The Bertz CT molecular complexity index is 1260. The summed E-state index contributed by atoms with van der Waals surface area (Å²) in [6.45, 7) is 0. The van der Waals surface area contributed by atoms with Gasteiger partial charge in [-0.2, -0.15) is 0 Å². The smallest absolute Gasteiger partial charge is 0.248 e. The predicted molar refractivity (Wildman–Crippen MR) is 143 cm³/mol. The van der Waals surface area contributed by atoms with E-state index in [0.717, 1.165) is 16.7 Å². The van der Waals surface area contributed by atoms with Crippen LogP contribution in [0.3, 0.4) is 0 Å². The highest BCUT2D eigenvalue weighted by molar-refractivity contribution is 6.03. The van der Waals surface area contributed by atoms with Gasteiger partial charge in [0, 0.05) is 6.08 Å². The molecule has 0 bridgehead atoms. The van der Waals surface area contributed by atoms with Gasteiger partial charge in [0.2, 0.25) is 11.7 Å². The number of rotatable bonds is 10. The minimum atomic E-state index is -0.310. The second-order valence-corrected chi connectivity index (χ2v) is 7.58. The average Bonchev–Trinajstić information content (AvgIpc) is 2.90. The highest BCUT2D eigenvalue weighted by Crippen LogP contribution is 2.38. The number of carbonyl (C=O) groups is 1. The largest absolute Gasteiger partial charge is 0.495 e. The van der Waals surface area contributed by atoms with Crippen LogP contribution in [0.25, 0.3) is 18.2 Å². The lowest BCUT2D eigenvalue weighted by Crippen LogP contribution is -2.09. The van der Waals surface area contributed by atoms with Crippen LogP contribution in [0.15, 0.2) is 54.6 Å². The molecule has 0 aliphatic heterocycles. The summed E-state index contributed by atoms with van der Waals surface area (Å²) in [4.78, 5) is 12.6. The maximum atomic E-state index is 12.6. The van der Waals surface area contributed by atoms with Crippen LogP contribution in [0.5, 0.6) is 28.7 Å². The van der Waals surface area contributed by atoms with Crippen molar-refractivity contribution in [3.05, 3.63) is 71.3 Å². The number of nitrogen functional groups attached to an aromatic ring is 1. The van der Waals surface area contributed by atoms with Crippen LogP contribution in [0.1, 0.15) is 16.7 Å². The summed E-state index contributed by atoms with van der Waals surface area (Å²) in [5.74, 6) is 2.42. The van der Waals surface area contributed by atoms with Gasteiger partial charge < -0.3 is 34.7 Å². The molecule has 3 aromatic carbocycles. The number of hydrogen-bond donors (Lipinski definition) is 2. The standard InChI is InChI=1S/C28H30N2O6/c1-32-23-12-9-18(6-7-20-16-25(34-3)28(36-5)26(17-20)35-4)14-22(23)30-27(31)13-10-19-8-11-21(29)24(15-19)33-2/h6-17H,29H2,1-5H3,(H,30,31)/b7-6?,13-10+. The van der Waals surface area contributed by atoms with Gasteiger partial charge in [-0.05, 0) is 59.2 Å². The molecule has 0 unspecified atom stereocenters. The second kappa shape index (κ2) is 12.2. The van der Waals surface area contributed by atoms with E-state index < -0.39 is 0 Å². The maximum absolute atomic E-state index is 12.6. The fourth-order valence-electron chi connectivity index (χ4n) is 3.49. The highest BCUT2D eigenvalue weighted by atomic mass is 16.5. The molecule has 188 valence electrons. The number of nitrogens with one attached hydrogen (secondary N) is 1. The minimum Gasteiger partial charge on any atom is -0.495 e. The van der Waals surface area contributed by atoms with E-state index in [1.165, 1.54) is 6.08 Å². The van der Waals surface area contributed by atoms with Crippen molar-refractivity contribution >= 4 is 35.5 Å². The van der Waals surface area contributed by atoms with Crippen molar-refractivity contribution in [1.82, 2.24) is 0 Å². The van der Waals surface area contributed by atoms with Crippen LogP contribution in [0.2, 0.25) is 0 Å². The number of methoxy groups -OCH3 is 5. The van der Waals surface area contributed by atoms with Gasteiger partial charge in [0.25, 0.3) is 0 Å². The van der Waals surface area contributed by atoms with Crippen LogP contribution in [-0.4, -0.2) is 41.5 Å². The number of anilines is 2. The molecule has 0 aliphatic carbocycles. The fourth-order valence-corrected chi connectivity index (χ4v) is 3.49. The third-order valence-electron chi connectivity index (χ3n) is 5.32. The SMILES string of the molecule is COc1cc(/C=C/C(=O)Nc2cc(C=Cc3cc(OC)c(OC)c(OC)c3)ccc2OC)ccc1N. The molecule has 0 saturated heterocycles. The van der Waals surface area contributed by atoms with E-state index in [1.54, 1.807) is 65.9 Å². The van der Waals surface area contributed by atoms with Crippen molar-refractivity contribution in [2.45, 2.75) is 0 Å². The van der Waals surface area contributed by atoms with Gasteiger partial charge in [-0.1, -0.05) is 24.3 Å². The molecule has 0 fully saturated rings. The molecule has 3 aromatic rings. The molecule has 0 atom stereocenters. The quantitative estimate of drug-likeness (QED) is 0.231. The first-order valence-corrected chi connectivity index (χ1v) is 11.0. The lowest BCUT2D eigenvalue weighted by molar-refractivity contribution is -0.111. The van der Waals surface area contributed by atoms with Crippen LogP contribution in [-0.2, 0) is 4.79 Å². The van der Waals surface area contributed by atoms with Gasteiger partial charge in [-0.3, -0.25) is 4.79 Å². The third-order valence-corrected chi connectivity index (χ3v) is 5.32. The van der Waals surface area contributed by atoms with E-state index in [2.05, 4.69) is 5.32 Å². The number of ether oxygens (including phenoxy) is 5. The summed E-state index contributed by atoms with van der Waals surface area (Å²) in [7, 11) is 7.79. The van der Waals surface area contributed by atoms with Crippen LogP contribution in [0, 0.1) is 0 Å². The molecular weight excluding hydrogens is 460 g/mol. The molecule has 0 radical (unpaired) electrons. The van der Waals surface area contributed by atoms with E-state index in [-0.39, 0.29) is 5.91 Å². The number of nitrogens with two attached hydrogens (primary N) is 1. The molecule has 0 heterocycles. The molecule has 8 heteroatoms. The van der Waals surface area contributed by atoms with Gasteiger partial charge >= 0.3 is 0 Å². The van der Waals surface area contributed by atoms with Crippen molar-refractivity contribution < 1.29 is 28.5 Å². The first-order chi connectivity index (χ1) is 17.4. The highest BCUT2D eigenvalue weighted by Gasteiger charge is 2.12. The van der Waals surface area contributed by atoms with Crippen molar-refractivity contribution in [2.75, 3.05) is 46.6 Å². The zero-order chi connectivity index (χ0) is 26.1. The summed E-state index contributed by atoms with van der Waals surface area (Å²) >= 11 is 0. The topological polar surface area (TPSA) is 101 Å². The Labute approximate surface area is 210 Å². The lowest BCUT2D eigenvalue weighted by atomic mass is 10.1. The fraction of sp³-hybridized carbons (Fsp3) is 0.179. The normalized spacial score (nSPS) is 10.9. The van der Waals surface area contributed by atoms with E-state index in [1.807, 2.05) is 36.4 Å². The van der Waals surface area contributed by atoms with Crippen LogP contribution >= 0.6 is 0 Å². The van der Waals surface area contributed by atoms with Crippen molar-refractivity contribution in [3.63, 3.8) is 0 Å². The number of benzene rings is 3. The summed E-state index contributed by atoms with van der Waals surface area (Å²) in [6.07, 6.45) is 6.93. The molecule has 0 aromatic heterocycles. The van der Waals surface area contributed by atoms with Crippen molar-refractivity contribution in [3.8, 4) is 28.7 Å². The van der Waals surface area contributed by atoms with Gasteiger partial charge in [-0.25, -0.2) is 0 Å². The Kier molecular flexibility index (Phi) is 8.83. The molecular formula is C28H30N2O6. The third kappa shape index (κ3) is 6.29. The van der Waals surface area contributed by atoms with E-state index in [0.29, 0.717) is 40.1 Å². The Hall–Kier alpha value is -4.59. The molecule has 36 heavy (non-hydrogen) atoms. The first-order valence-electron chi connectivity index (χ1n) is 11.0. The number of hydrogen-bond acceptors (Lipinski definition) is 7.